The van der Waals surface area contributed by atoms with E-state index in [0.717, 1.165) is 19.3 Å². The van der Waals surface area contributed by atoms with E-state index in [1.165, 1.54) is 12.3 Å². The lowest BCUT2D eigenvalue weighted by Crippen LogP contribution is -2.48. The molecule has 7 nitrogen and oxygen atoms in total. The van der Waals surface area contributed by atoms with E-state index in [2.05, 4.69) is 15.6 Å². The number of pyridine rings is 1. The number of carboxylic acid groups (broad SMARTS) is 1. The minimum absolute atomic E-state index is 0.0338. The van der Waals surface area contributed by atoms with Crippen molar-refractivity contribution in [1.29, 1.82) is 0 Å². The van der Waals surface area contributed by atoms with E-state index in [4.69, 9.17) is 5.11 Å². The van der Waals surface area contributed by atoms with Gasteiger partial charge < -0.3 is 20.8 Å². The quantitative estimate of drug-likeness (QED) is 0.658. The number of rotatable bonds is 4. The molecule has 2 amide bonds. The SMILES string of the molecule is O=C(NCc1ccc(C(=O)O)nc1)NC1CCCCC1O. The van der Waals surface area contributed by atoms with Gasteiger partial charge in [0.25, 0.3) is 0 Å². The molecule has 1 aliphatic carbocycles. The Hall–Kier alpha value is -2.15. The van der Waals surface area contributed by atoms with Gasteiger partial charge in [-0.3, -0.25) is 0 Å². The highest BCUT2D eigenvalue weighted by Gasteiger charge is 2.24. The van der Waals surface area contributed by atoms with Gasteiger partial charge in [-0.2, -0.15) is 0 Å². The van der Waals surface area contributed by atoms with Crippen LogP contribution < -0.4 is 10.6 Å². The van der Waals surface area contributed by atoms with Crippen molar-refractivity contribution >= 4 is 12.0 Å². The van der Waals surface area contributed by atoms with Crippen molar-refractivity contribution in [3.63, 3.8) is 0 Å². The van der Waals surface area contributed by atoms with Crippen molar-refractivity contribution in [2.45, 2.75) is 44.4 Å². The van der Waals surface area contributed by atoms with Crippen LogP contribution in [0.5, 0.6) is 0 Å². The highest BCUT2D eigenvalue weighted by molar-refractivity contribution is 5.85. The molecule has 1 fully saturated rings. The monoisotopic (exact) mass is 293 g/mol. The summed E-state index contributed by atoms with van der Waals surface area (Å²) in [6.07, 6.45) is 4.42. The van der Waals surface area contributed by atoms with Crippen LogP contribution in [0.25, 0.3) is 0 Å². The van der Waals surface area contributed by atoms with Gasteiger partial charge in [0.05, 0.1) is 12.1 Å². The average Bonchev–Trinajstić information content (AvgIpc) is 2.48. The third-order valence-electron chi connectivity index (χ3n) is 3.54. The number of hydrogen-bond donors (Lipinski definition) is 4. The van der Waals surface area contributed by atoms with E-state index in [-0.39, 0.29) is 24.3 Å². The second-order valence-corrected chi connectivity index (χ2v) is 5.14. The fraction of sp³-hybridized carbons (Fsp3) is 0.500. The van der Waals surface area contributed by atoms with Gasteiger partial charge in [-0.1, -0.05) is 18.9 Å². The van der Waals surface area contributed by atoms with Crippen molar-refractivity contribution in [2.24, 2.45) is 0 Å². The van der Waals surface area contributed by atoms with Gasteiger partial charge in [-0.15, -0.1) is 0 Å². The Morgan fingerprint density at radius 2 is 2.05 bits per heavy atom. The Morgan fingerprint density at radius 3 is 2.67 bits per heavy atom. The topological polar surface area (TPSA) is 112 Å². The summed E-state index contributed by atoms with van der Waals surface area (Å²) in [5.74, 6) is -1.08. The maximum Gasteiger partial charge on any atom is 0.354 e. The number of nitrogens with zero attached hydrogens (tertiary/aromatic N) is 1. The molecule has 4 N–H and O–H groups in total. The van der Waals surface area contributed by atoms with Gasteiger partial charge in [-0.05, 0) is 24.5 Å². The van der Waals surface area contributed by atoms with Crippen LogP contribution in [0, 0.1) is 0 Å². The van der Waals surface area contributed by atoms with Gasteiger partial charge in [0.1, 0.15) is 5.69 Å². The Kier molecular flexibility index (Phi) is 5.10. The van der Waals surface area contributed by atoms with E-state index < -0.39 is 12.1 Å². The van der Waals surface area contributed by atoms with Crippen LogP contribution in [0.3, 0.4) is 0 Å². The number of aromatic nitrogens is 1. The number of urea groups is 1. The number of carboxylic acids is 1. The van der Waals surface area contributed by atoms with Crippen molar-refractivity contribution in [2.75, 3.05) is 0 Å². The van der Waals surface area contributed by atoms with Crippen LogP contribution in [0.2, 0.25) is 0 Å². The lowest BCUT2D eigenvalue weighted by molar-refractivity contribution is 0.0690. The average molecular weight is 293 g/mol. The normalized spacial score (nSPS) is 21.6. The summed E-state index contributed by atoms with van der Waals surface area (Å²) in [5.41, 5.74) is 0.674. The Balaban J connectivity index is 1.79. The largest absolute Gasteiger partial charge is 0.477 e. The number of hydrogen-bond acceptors (Lipinski definition) is 4. The molecule has 1 aliphatic rings. The van der Waals surface area contributed by atoms with Crippen LogP contribution in [0.4, 0.5) is 4.79 Å². The number of carbonyl (C=O) groups is 2. The number of carbonyl (C=O) groups excluding carboxylic acids is 1. The number of amides is 2. The molecule has 2 unspecified atom stereocenters. The van der Waals surface area contributed by atoms with Gasteiger partial charge in [0.2, 0.25) is 0 Å². The summed E-state index contributed by atoms with van der Waals surface area (Å²) in [6, 6.07) is 2.45. The maximum absolute atomic E-state index is 11.8. The van der Waals surface area contributed by atoms with Gasteiger partial charge in [-0.25, -0.2) is 14.6 Å². The van der Waals surface area contributed by atoms with E-state index in [9.17, 15) is 14.7 Å². The van der Waals surface area contributed by atoms with Crippen molar-refractivity contribution in [1.82, 2.24) is 15.6 Å². The van der Waals surface area contributed by atoms with Crippen LogP contribution in [-0.2, 0) is 6.54 Å². The molecule has 1 saturated carbocycles. The van der Waals surface area contributed by atoms with E-state index in [0.29, 0.717) is 12.0 Å². The van der Waals surface area contributed by atoms with Gasteiger partial charge in [0, 0.05) is 12.7 Å². The second kappa shape index (κ2) is 7.03. The van der Waals surface area contributed by atoms with Crippen LogP contribution in [-0.4, -0.2) is 39.3 Å². The minimum atomic E-state index is -1.08. The number of aliphatic hydroxyl groups excluding tert-OH is 1. The molecule has 114 valence electrons. The molecule has 7 heteroatoms. The summed E-state index contributed by atoms with van der Waals surface area (Å²) in [4.78, 5) is 26.2. The predicted octanol–water partition coefficient (Wildman–Crippen LogP) is 0.883. The first-order valence-corrected chi connectivity index (χ1v) is 6.97. The lowest BCUT2D eigenvalue weighted by Gasteiger charge is -2.28. The maximum atomic E-state index is 11.8. The number of nitrogens with one attached hydrogen (secondary N) is 2. The molecule has 0 spiro atoms. The molecule has 0 bridgehead atoms. The number of aliphatic hydroxyl groups is 1. The van der Waals surface area contributed by atoms with E-state index in [1.807, 2.05) is 0 Å². The molecule has 0 aliphatic heterocycles. The van der Waals surface area contributed by atoms with Crippen LogP contribution >= 0.6 is 0 Å². The summed E-state index contributed by atoms with van der Waals surface area (Å²) in [7, 11) is 0. The molecule has 1 heterocycles. The summed E-state index contributed by atoms with van der Waals surface area (Å²) < 4.78 is 0. The third kappa shape index (κ3) is 4.42. The molecule has 2 rings (SSSR count). The van der Waals surface area contributed by atoms with Crippen molar-refractivity contribution < 1.29 is 19.8 Å². The fourth-order valence-corrected chi connectivity index (χ4v) is 2.34. The Morgan fingerprint density at radius 1 is 1.29 bits per heavy atom. The molecule has 0 saturated heterocycles. The predicted molar refractivity (Wildman–Crippen MR) is 74.8 cm³/mol. The second-order valence-electron chi connectivity index (χ2n) is 5.14. The molecule has 1 aromatic heterocycles. The standard InChI is InChI=1S/C14H19N3O4/c18-12-4-2-1-3-10(12)17-14(21)16-8-9-5-6-11(13(19)20)15-7-9/h5-7,10,12,18H,1-4,8H2,(H,19,20)(H2,16,17,21). The molecule has 21 heavy (non-hydrogen) atoms. The third-order valence-corrected chi connectivity index (χ3v) is 3.54. The van der Waals surface area contributed by atoms with Gasteiger partial charge in [0.15, 0.2) is 0 Å². The first-order chi connectivity index (χ1) is 10.1. The van der Waals surface area contributed by atoms with E-state index >= 15 is 0 Å². The first kappa shape index (κ1) is 15.2. The zero-order chi connectivity index (χ0) is 15.2. The smallest absolute Gasteiger partial charge is 0.354 e. The Labute approximate surface area is 122 Å². The molecule has 0 radical (unpaired) electrons. The van der Waals surface area contributed by atoms with Crippen molar-refractivity contribution in [3.05, 3.63) is 29.6 Å². The van der Waals surface area contributed by atoms with Crippen LogP contribution in [0.1, 0.15) is 41.7 Å². The minimum Gasteiger partial charge on any atom is -0.477 e. The zero-order valence-electron chi connectivity index (χ0n) is 11.6. The fourth-order valence-electron chi connectivity index (χ4n) is 2.34. The summed E-state index contributed by atoms with van der Waals surface area (Å²) >= 11 is 0. The molecular weight excluding hydrogens is 274 g/mol. The highest BCUT2D eigenvalue weighted by Crippen LogP contribution is 2.18. The summed E-state index contributed by atoms with van der Waals surface area (Å²) in [6.45, 7) is 0.252. The molecule has 0 aromatic carbocycles. The number of aromatic carboxylic acids is 1. The van der Waals surface area contributed by atoms with Crippen molar-refractivity contribution in [3.8, 4) is 0 Å². The molecule has 1 aromatic rings. The molecular formula is C14H19N3O4. The first-order valence-electron chi connectivity index (χ1n) is 6.97. The van der Waals surface area contributed by atoms with Crippen LogP contribution in [0.15, 0.2) is 18.3 Å². The zero-order valence-corrected chi connectivity index (χ0v) is 11.6. The lowest BCUT2D eigenvalue weighted by atomic mass is 9.93. The van der Waals surface area contributed by atoms with E-state index in [1.54, 1.807) is 6.07 Å². The Bertz CT molecular complexity index is 503. The van der Waals surface area contributed by atoms with Gasteiger partial charge >= 0.3 is 12.0 Å². The summed E-state index contributed by atoms with van der Waals surface area (Å²) in [5, 5.41) is 23.9. The highest BCUT2D eigenvalue weighted by atomic mass is 16.4. The molecule has 2 atom stereocenters.